The lowest BCUT2D eigenvalue weighted by Gasteiger charge is -2.05. The van der Waals surface area contributed by atoms with E-state index in [-0.39, 0.29) is 0 Å². The maximum absolute atomic E-state index is 7.57. The Labute approximate surface area is 211 Å². The minimum Gasteiger partial charge on any atom is -0.457 e. The van der Waals surface area contributed by atoms with Gasteiger partial charge in [-0.1, -0.05) is 17.7 Å². The first-order chi connectivity index (χ1) is 17.6. The summed E-state index contributed by atoms with van der Waals surface area (Å²) in [7, 11) is 0. The summed E-state index contributed by atoms with van der Waals surface area (Å²) in [5.41, 5.74) is 14.6. The molecule has 3 radical (unpaired) electrons. The van der Waals surface area contributed by atoms with Gasteiger partial charge in [0.05, 0.1) is 15.7 Å². The van der Waals surface area contributed by atoms with Gasteiger partial charge >= 0.3 is 0 Å². The average Bonchev–Trinajstić information content (AvgIpc) is 2.90. The maximum Gasteiger partial charge on any atom is 0.278 e. The molecule has 0 aliphatic heterocycles. The van der Waals surface area contributed by atoms with E-state index >= 15 is 0 Å². The van der Waals surface area contributed by atoms with Crippen molar-refractivity contribution in [1.82, 2.24) is 15.7 Å². The molecule has 5 heteroatoms. The highest BCUT2D eigenvalue weighted by Gasteiger charge is 2.16. The molecule has 5 rings (SSSR count). The van der Waals surface area contributed by atoms with Crippen LogP contribution in [-0.4, -0.2) is 11.4 Å². The highest BCUT2D eigenvalue weighted by atomic mass is 16.5. The number of hydrogen-bond acceptors (Lipinski definition) is 4. The standard InChI is InChI=1S/C31H25N4O/c1-22-2-18-30(19-3-22)36-31-20-16-29(17-21-31)35-28-14-12-27(13-15-28)34-26-10-8-25(9-11-26)33-24-6-4-23(32)5-7-24/h2-21,32-33H,1H3/q+2. The Morgan fingerprint density at radius 1 is 0.556 bits per heavy atom. The van der Waals surface area contributed by atoms with Crippen LogP contribution in [0.2, 0.25) is 0 Å². The van der Waals surface area contributed by atoms with Gasteiger partial charge in [-0.05, 0) is 67.6 Å². The zero-order valence-corrected chi connectivity index (χ0v) is 19.8. The van der Waals surface area contributed by atoms with Gasteiger partial charge in [-0.25, -0.2) is 0 Å². The largest absolute Gasteiger partial charge is 0.457 e. The van der Waals surface area contributed by atoms with Crippen LogP contribution in [0.15, 0.2) is 121 Å². The van der Waals surface area contributed by atoms with E-state index in [2.05, 4.69) is 17.2 Å². The summed E-state index contributed by atoms with van der Waals surface area (Å²) in [6, 6.07) is 30.9. The summed E-state index contributed by atoms with van der Waals surface area (Å²) >= 11 is 0. The summed E-state index contributed by atoms with van der Waals surface area (Å²) in [5.74, 6) is 1.59. The van der Waals surface area contributed by atoms with E-state index in [1.807, 2.05) is 109 Å². The van der Waals surface area contributed by atoms with Gasteiger partial charge in [0, 0.05) is 59.9 Å². The predicted octanol–water partition coefficient (Wildman–Crippen LogP) is 7.09. The first-order valence-electron chi connectivity index (χ1n) is 11.7. The molecule has 0 atom stereocenters. The fourth-order valence-electron chi connectivity index (χ4n) is 3.57. The molecule has 5 nitrogen and oxygen atoms in total. The van der Waals surface area contributed by atoms with Crippen molar-refractivity contribution in [1.29, 1.82) is 0 Å². The minimum absolute atomic E-state index is 0.495. The number of ether oxygens (including phenoxy) is 1. The van der Waals surface area contributed by atoms with Crippen LogP contribution >= 0.6 is 0 Å². The van der Waals surface area contributed by atoms with E-state index in [0.29, 0.717) is 5.69 Å². The number of hydrogen-bond donors (Lipinski definition) is 1. The molecule has 0 unspecified atom stereocenters. The molecule has 0 aromatic heterocycles. The van der Waals surface area contributed by atoms with Gasteiger partial charge in [0.15, 0.2) is 0 Å². The lowest BCUT2D eigenvalue weighted by atomic mass is 10.1. The third-order valence-electron chi connectivity index (χ3n) is 5.50. The topological polar surface area (TPSA) is 73.3 Å². The van der Waals surface area contributed by atoms with E-state index in [1.165, 1.54) is 5.56 Å². The number of rotatable bonds is 6. The average molecular weight is 470 g/mol. The third kappa shape index (κ3) is 6.15. The van der Waals surface area contributed by atoms with Crippen molar-refractivity contribution < 1.29 is 4.74 Å². The van der Waals surface area contributed by atoms with Crippen molar-refractivity contribution in [3.63, 3.8) is 0 Å². The van der Waals surface area contributed by atoms with Gasteiger partial charge in [0.25, 0.3) is 22.8 Å². The fourth-order valence-corrected chi connectivity index (χ4v) is 3.57. The number of nitrogens with zero attached hydrogens (tertiary/aromatic N) is 2. The van der Waals surface area contributed by atoms with Gasteiger partial charge < -0.3 is 15.8 Å². The second-order valence-corrected chi connectivity index (χ2v) is 8.40. The Morgan fingerprint density at radius 3 is 1.47 bits per heavy atom. The lowest BCUT2D eigenvalue weighted by Crippen LogP contribution is -2.07. The summed E-state index contributed by atoms with van der Waals surface area (Å²) in [6.45, 7) is 2.05. The molecule has 0 saturated carbocycles. The van der Waals surface area contributed by atoms with Crippen molar-refractivity contribution >= 4 is 39.9 Å². The van der Waals surface area contributed by atoms with Crippen LogP contribution in [0.5, 0.6) is 11.5 Å². The van der Waals surface area contributed by atoms with E-state index < -0.39 is 0 Å². The van der Waals surface area contributed by atoms with Crippen molar-refractivity contribution in [2.75, 3.05) is 5.32 Å². The third-order valence-corrected chi connectivity index (χ3v) is 5.50. The van der Waals surface area contributed by atoms with E-state index in [9.17, 15) is 0 Å². The smallest absolute Gasteiger partial charge is 0.278 e. The zero-order chi connectivity index (χ0) is 24.7. The highest BCUT2D eigenvalue weighted by molar-refractivity contribution is 6.18. The molecule has 1 aliphatic rings. The van der Waals surface area contributed by atoms with Gasteiger partial charge in [-0.3, -0.25) is 0 Å². The second kappa shape index (κ2) is 10.6. The van der Waals surface area contributed by atoms with Crippen LogP contribution < -0.4 is 25.8 Å². The zero-order valence-electron chi connectivity index (χ0n) is 19.8. The summed E-state index contributed by atoms with van der Waals surface area (Å²) in [4.78, 5) is 9.38. The summed E-state index contributed by atoms with van der Waals surface area (Å²) in [5, 5.41) is 3.32. The number of nitrogens with one attached hydrogen (secondary N) is 2. The fraction of sp³-hybridized carbons (Fsp3) is 0.0323. The maximum atomic E-state index is 7.57. The quantitative estimate of drug-likeness (QED) is 0.306. The van der Waals surface area contributed by atoms with Crippen LogP contribution in [0.4, 0.5) is 28.4 Å². The van der Waals surface area contributed by atoms with Crippen molar-refractivity contribution in [2.45, 2.75) is 6.92 Å². The van der Waals surface area contributed by atoms with Crippen LogP contribution in [0.25, 0.3) is 0 Å². The Hall–Kier alpha value is -4.90. The van der Waals surface area contributed by atoms with Gasteiger partial charge in [-0.15, -0.1) is 0 Å². The molecule has 0 fully saturated rings. The van der Waals surface area contributed by atoms with E-state index in [1.54, 1.807) is 12.1 Å². The van der Waals surface area contributed by atoms with Crippen LogP contribution in [-0.2, 0) is 0 Å². The van der Waals surface area contributed by atoms with Crippen LogP contribution in [0.3, 0.4) is 0 Å². The van der Waals surface area contributed by atoms with Gasteiger partial charge in [-0.2, -0.15) is 0 Å². The molecule has 4 aromatic rings. The molecule has 2 N–H and O–H groups in total. The van der Waals surface area contributed by atoms with Gasteiger partial charge in [0.2, 0.25) is 0 Å². The Kier molecular flexibility index (Phi) is 6.72. The first kappa shape index (κ1) is 22.9. The number of benzene rings is 4. The predicted molar refractivity (Wildman–Crippen MR) is 149 cm³/mol. The van der Waals surface area contributed by atoms with Crippen molar-refractivity contribution in [3.05, 3.63) is 127 Å². The number of aryl methyl sites for hydroxylation is 1. The molecule has 36 heavy (non-hydrogen) atoms. The molecule has 0 spiro atoms. The monoisotopic (exact) mass is 469 g/mol. The number of anilines is 2. The van der Waals surface area contributed by atoms with Crippen molar-refractivity contribution in [2.24, 2.45) is 0 Å². The molecular formula is C31H25N4O+2. The molecule has 4 aromatic carbocycles. The molecule has 0 saturated heterocycles. The SMILES string of the molecule is Cc1ccc(Oc2ccc([N+]=C3C=CC(=[N+]c4ccc(Nc5ccc([NH])cc5)cc4)C=C3)cc2)cc1. The van der Waals surface area contributed by atoms with Gasteiger partial charge in [0.1, 0.15) is 11.5 Å². The Balaban J connectivity index is 1.19. The molecule has 0 amide bonds. The highest BCUT2D eigenvalue weighted by Crippen LogP contribution is 2.23. The first-order valence-corrected chi connectivity index (χ1v) is 11.7. The number of aliphatic imine (C=N–C) groups is 2. The van der Waals surface area contributed by atoms with Crippen molar-refractivity contribution in [3.8, 4) is 11.5 Å². The summed E-state index contributed by atoms with van der Waals surface area (Å²) < 4.78 is 5.89. The van der Waals surface area contributed by atoms with Crippen LogP contribution in [0.1, 0.15) is 5.56 Å². The molecule has 173 valence electrons. The molecule has 0 bridgehead atoms. The Morgan fingerprint density at radius 2 is 0.972 bits per heavy atom. The second-order valence-electron chi connectivity index (χ2n) is 8.40. The van der Waals surface area contributed by atoms with E-state index in [0.717, 1.165) is 45.7 Å². The van der Waals surface area contributed by atoms with E-state index in [4.69, 9.17) is 15.5 Å². The molecule has 0 heterocycles. The minimum atomic E-state index is 0.495. The number of allylic oxidation sites excluding steroid dienone is 4. The Bertz CT molecular complexity index is 1310. The molecule has 1 aliphatic carbocycles. The summed E-state index contributed by atoms with van der Waals surface area (Å²) in [6.07, 6.45) is 7.84. The van der Waals surface area contributed by atoms with Crippen LogP contribution in [0, 0.1) is 6.92 Å². The normalized spacial score (nSPS) is 12.4. The molecular weight excluding hydrogens is 444 g/mol. The lowest BCUT2D eigenvalue weighted by molar-refractivity contribution is 0.482.